The van der Waals surface area contributed by atoms with Gasteiger partial charge in [0.25, 0.3) is 5.91 Å². The van der Waals surface area contributed by atoms with E-state index in [-0.39, 0.29) is 12.5 Å². The Labute approximate surface area is 140 Å². The molecule has 24 heavy (non-hydrogen) atoms. The highest BCUT2D eigenvalue weighted by Gasteiger charge is 2.49. The first-order valence-electron chi connectivity index (χ1n) is 7.98. The number of nitrogens with zero attached hydrogens (tertiary/aromatic N) is 2. The van der Waals surface area contributed by atoms with E-state index in [1.54, 1.807) is 19.9 Å². The minimum absolute atomic E-state index is 0.0989. The molecule has 1 fully saturated rings. The van der Waals surface area contributed by atoms with Crippen molar-refractivity contribution in [2.24, 2.45) is 0 Å². The van der Waals surface area contributed by atoms with Crippen LogP contribution in [0.5, 0.6) is 0 Å². The second kappa shape index (κ2) is 5.78. The van der Waals surface area contributed by atoms with Gasteiger partial charge in [0.15, 0.2) is 0 Å². The van der Waals surface area contributed by atoms with Crippen molar-refractivity contribution in [3.8, 4) is 0 Å². The van der Waals surface area contributed by atoms with Crippen molar-refractivity contribution in [3.05, 3.63) is 52.9 Å². The molecule has 1 aromatic carbocycles. The molecule has 6 heteroatoms. The fraction of sp³-hybridized carbons (Fsp3) is 0.389. The molecule has 1 aliphatic rings. The van der Waals surface area contributed by atoms with Crippen LogP contribution in [-0.4, -0.2) is 22.0 Å². The van der Waals surface area contributed by atoms with Crippen LogP contribution in [0.3, 0.4) is 0 Å². The lowest BCUT2D eigenvalue weighted by molar-refractivity contribution is -0.131. The molecule has 1 aromatic heterocycles. The van der Waals surface area contributed by atoms with Crippen LogP contribution in [0.15, 0.2) is 34.9 Å². The molecule has 0 bridgehead atoms. The number of nitrogens with one attached hydrogen (secondary N) is 1. The highest BCUT2D eigenvalue weighted by molar-refractivity contribution is 6.07. The number of benzene rings is 1. The summed E-state index contributed by atoms with van der Waals surface area (Å²) < 4.78 is 5.00. The van der Waals surface area contributed by atoms with Crippen molar-refractivity contribution in [2.45, 2.75) is 45.7 Å². The normalized spacial score (nSPS) is 20.8. The Bertz CT molecular complexity index is 779. The molecule has 1 unspecified atom stereocenters. The van der Waals surface area contributed by atoms with Gasteiger partial charge in [-0.2, -0.15) is 0 Å². The highest BCUT2D eigenvalue weighted by Crippen LogP contribution is 2.30. The van der Waals surface area contributed by atoms with E-state index < -0.39 is 11.6 Å². The van der Waals surface area contributed by atoms with Crippen molar-refractivity contribution in [2.75, 3.05) is 0 Å². The minimum atomic E-state index is -1.06. The van der Waals surface area contributed by atoms with Gasteiger partial charge in [-0.05, 0) is 30.9 Å². The van der Waals surface area contributed by atoms with Gasteiger partial charge in [-0.25, -0.2) is 4.79 Å². The fourth-order valence-corrected chi connectivity index (χ4v) is 2.89. The number of carbonyl (C=O) groups excluding carboxylic acids is 2. The van der Waals surface area contributed by atoms with Crippen LogP contribution >= 0.6 is 0 Å². The van der Waals surface area contributed by atoms with Gasteiger partial charge in [-0.3, -0.25) is 9.69 Å². The molecule has 6 nitrogen and oxygen atoms in total. The Morgan fingerprint density at radius 3 is 2.46 bits per heavy atom. The standard InChI is InChI=1S/C18H21N3O3/c1-11(2)13-5-7-14(8-6-13)18(4)16(22)21(17(23)19-18)10-15-9-12(3)24-20-15/h5-9,11H,10H2,1-4H3,(H,19,23). The van der Waals surface area contributed by atoms with E-state index in [2.05, 4.69) is 24.3 Å². The summed E-state index contributed by atoms with van der Waals surface area (Å²) in [5, 5.41) is 6.65. The first-order valence-corrected chi connectivity index (χ1v) is 7.98. The quantitative estimate of drug-likeness (QED) is 0.876. The Morgan fingerprint density at radius 1 is 1.25 bits per heavy atom. The predicted molar refractivity (Wildman–Crippen MR) is 88.2 cm³/mol. The number of imide groups is 1. The molecule has 0 spiro atoms. The summed E-state index contributed by atoms with van der Waals surface area (Å²) in [5.74, 6) is 0.766. The molecule has 3 rings (SSSR count). The van der Waals surface area contributed by atoms with Gasteiger partial charge in [0.2, 0.25) is 0 Å². The van der Waals surface area contributed by atoms with Crippen LogP contribution in [0, 0.1) is 6.92 Å². The predicted octanol–water partition coefficient (Wildman–Crippen LogP) is 3.07. The largest absolute Gasteiger partial charge is 0.361 e. The third kappa shape index (κ3) is 2.68. The molecule has 1 aliphatic heterocycles. The van der Waals surface area contributed by atoms with Crippen LogP contribution in [0.25, 0.3) is 0 Å². The Kier molecular flexibility index (Phi) is 3.91. The highest BCUT2D eigenvalue weighted by atomic mass is 16.5. The van der Waals surface area contributed by atoms with Gasteiger partial charge in [0.05, 0.1) is 6.54 Å². The fourth-order valence-electron chi connectivity index (χ4n) is 2.89. The first kappa shape index (κ1) is 16.2. The van der Waals surface area contributed by atoms with Crippen LogP contribution in [0.4, 0.5) is 4.79 Å². The molecule has 2 heterocycles. The average molecular weight is 327 g/mol. The maximum Gasteiger partial charge on any atom is 0.325 e. The monoisotopic (exact) mass is 327 g/mol. The third-order valence-corrected chi connectivity index (χ3v) is 4.43. The number of amides is 3. The zero-order valence-electron chi connectivity index (χ0n) is 14.3. The smallest absolute Gasteiger partial charge is 0.325 e. The summed E-state index contributed by atoms with van der Waals surface area (Å²) in [6.07, 6.45) is 0. The zero-order valence-corrected chi connectivity index (χ0v) is 14.3. The second-order valence-electron chi connectivity index (χ2n) is 6.65. The van der Waals surface area contributed by atoms with Crippen molar-refractivity contribution >= 4 is 11.9 Å². The van der Waals surface area contributed by atoms with Crippen molar-refractivity contribution in [1.82, 2.24) is 15.4 Å². The number of aromatic nitrogens is 1. The topological polar surface area (TPSA) is 75.4 Å². The number of hydrogen-bond donors (Lipinski definition) is 1. The first-order chi connectivity index (χ1) is 11.3. The maximum atomic E-state index is 12.9. The number of aryl methyl sites for hydroxylation is 1. The lowest BCUT2D eigenvalue weighted by Crippen LogP contribution is -2.40. The van der Waals surface area contributed by atoms with Crippen LogP contribution in [0.2, 0.25) is 0 Å². The second-order valence-corrected chi connectivity index (χ2v) is 6.65. The van der Waals surface area contributed by atoms with Gasteiger partial charge in [0, 0.05) is 6.07 Å². The molecule has 1 N–H and O–H groups in total. The average Bonchev–Trinajstić information content (AvgIpc) is 3.05. The lowest BCUT2D eigenvalue weighted by atomic mass is 9.90. The van der Waals surface area contributed by atoms with Gasteiger partial charge in [-0.15, -0.1) is 0 Å². The van der Waals surface area contributed by atoms with E-state index in [1.165, 1.54) is 10.5 Å². The summed E-state index contributed by atoms with van der Waals surface area (Å²) in [4.78, 5) is 26.3. The van der Waals surface area contributed by atoms with E-state index in [0.717, 1.165) is 5.56 Å². The van der Waals surface area contributed by atoms with E-state index in [1.807, 2.05) is 24.3 Å². The van der Waals surface area contributed by atoms with E-state index in [0.29, 0.717) is 17.4 Å². The van der Waals surface area contributed by atoms with Gasteiger partial charge in [-0.1, -0.05) is 43.3 Å². The number of carbonyl (C=O) groups is 2. The SMILES string of the molecule is Cc1cc(CN2C(=O)NC(C)(c3ccc(C(C)C)cc3)C2=O)no1. The Hall–Kier alpha value is -2.63. The van der Waals surface area contributed by atoms with Crippen LogP contribution in [-0.2, 0) is 16.9 Å². The number of hydrogen-bond acceptors (Lipinski definition) is 4. The molecule has 1 atom stereocenters. The zero-order chi connectivity index (χ0) is 17.5. The molecule has 0 radical (unpaired) electrons. The molecule has 0 aliphatic carbocycles. The Morgan fingerprint density at radius 2 is 1.92 bits per heavy atom. The molecule has 3 amide bonds. The maximum absolute atomic E-state index is 12.9. The summed E-state index contributed by atoms with van der Waals surface area (Å²) in [7, 11) is 0. The van der Waals surface area contributed by atoms with Crippen LogP contribution in [0.1, 0.15) is 49.3 Å². The number of rotatable bonds is 4. The molecular weight excluding hydrogens is 306 g/mol. The Balaban J connectivity index is 1.86. The van der Waals surface area contributed by atoms with Crippen molar-refractivity contribution in [1.29, 1.82) is 0 Å². The number of urea groups is 1. The molecule has 2 aromatic rings. The molecule has 126 valence electrons. The molecule has 1 saturated heterocycles. The van der Waals surface area contributed by atoms with E-state index in [9.17, 15) is 9.59 Å². The van der Waals surface area contributed by atoms with Gasteiger partial charge >= 0.3 is 6.03 Å². The van der Waals surface area contributed by atoms with Crippen molar-refractivity contribution in [3.63, 3.8) is 0 Å². The molecule has 0 saturated carbocycles. The lowest BCUT2D eigenvalue weighted by Gasteiger charge is -2.22. The summed E-state index contributed by atoms with van der Waals surface area (Å²) in [6, 6.07) is 9.08. The third-order valence-electron chi connectivity index (χ3n) is 4.43. The summed E-state index contributed by atoms with van der Waals surface area (Å²) in [5.41, 5.74) is 1.44. The van der Waals surface area contributed by atoms with Gasteiger partial charge in [0.1, 0.15) is 17.0 Å². The minimum Gasteiger partial charge on any atom is -0.361 e. The van der Waals surface area contributed by atoms with Crippen molar-refractivity contribution < 1.29 is 14.1 Å². The van der Waals surface area contributed by atoms with Gasteiger partial charge < -0.3 is 9.84 Å². The molecular formula is C18H21N3O3. The van der Waals surface area contributed by atoms with E-state index in [4.69, 9.17) is 4.52 Å². The summed E-state index contributed by atoms with van der Waals surface area (Å²) in [6.45, 7) is 7.82. The van der Waals surface area contributed by atoms with Crippen LogP contribution < -0.4 is 5.32 Å². The van der Waals surface area contributed by atoms with E-state index >= 15 is 0 Å². The summed E-state index contributed by atoms with van der Waals surface area (Å²) >= 11 is 0.